The first kappa shape index (κ1) is 28.0. The van der Waals surface area contributed by atoms with Gasteiger partial charge in [0, 0.05) is 0 Å². The second-order valence-corrected chi connectivity index (χ2v) is 14.7. The molecule has 204 valence electrons. The van der Waals surface area contributed by atoms with E-state index < -0.39 is 0 Å². The van der Waals surface area contributed by atoms with Gasteiger partial charge in [-0.3, -0.25) is 0 Å². The zero-order valence-electron chi connectivity index (χ0n) is 24.9. The van der Waals surface area contributed by atoms with Crippen LogP contribution >= 0.6 is 0 Å². The molecular weight excluding hydrogens is 420 g/mol. The predicted molar refractivity (Wildman–Crippen MR) is 154 cm³/mol. The highest BCUT2D eigenvalue weighted by Gasteiger charge is 2.49. The highest BCUT2D eigenvalue weighted by Crippen LogP contribution is 2.57. The van der Waals surface area contributed by atoms with Crippen LogP contribution in [0.25, 0.3) is 0 Å². The Balaban J connectivity index is 0.000000218. The highest BCUT2D eigenvalue weighted by molar-refractivity contribution is 4.98. The lowest BCUT2D eigenvalue weighted by Crippen LogP contribution is -2.44. The first-order valence-electron chi connectivity index (χ1n) is 17.0. The summed E-state index contributed by atoms with van der Waals surface area (Å²) in [5.41, 5.74) is 0. The number of hydrogen-bond acceptors (Lipinski definition) is 0. The molecule has 0 aromatic carbocycles. The summed E-state index contributed by atoms with van der Waals surface area (Å²) in [6, 6.07) is 0. The largest absolute Gasteiger partial charge is 0.0654 e. The lowest BCUT2D eigenvalue weighted by Gasteiger charge is -2.52. The smallest absolute Gasteiger partial charge is 0.0321 e. The van der Waals surface area contributed by atoms with Gasteiger partial charge in [-0.2, -0.15) is 0 Å². The summed E-state index contributed by atoms with van der Waals surface area (Å²) in [4.78, 5) is 0. The van der Waals surface area contributed by atoms with Crippen LogP contribution in [0.5, 0.6) is 0 Å². The molecule has 0 spiro atoms. The van der Waals surface area contributed by atoms with Gasteiger partial charge >= 0.3 is 0 Å². The van der Waals surface area contributed by atoms with Gasteiger partial charge in [0.25, 0.3) is 0 Å². The lowest BCUT2D eigenvalue weighted by atomic mass is 9.53. The maximum atomic E-state index is 2.63. The van der Waals surface area contributed by atoms with Crippen LogP contribution in [0.4, 0.5) is 0 Å². The number of hydrogen-bond donors (Lipinski definition) is 0. The Kier molecular flexibility index (Phi) is 10.6. The summed E-state index contributed by atoms with van der Waals surface area (Å²) < 4.78 is 0. The molecule has 5 aliphatic rings. The Bertz CT molecular complexity index is 607. The van der Waals surface area contributed by atoms with Gasteiger partial charge in [-0.15, -0.1) is 0 Å². The Morgan fingerprint density at radius 2 is 1.29 bits per heavy atom. The molecule has 0 heterocycles. The molecule has 5 aliphatic carbocycles. The highest BCUT2D eigenvalue weighted by atomic mass is 14.5. The molecule has 0 radical (unpaired) electrons. The zero-order valence-corrected chi connectivity index (χ0v) is 24.9. The fourth-order valence-corrected chi connectivity index (χ4v) is 10.8. The van der Waals surface area contributed by atoms with Crippen LogP contribution in [0.3, 0.4) is 0 Å². The summed E-state index contributed by atoms with van der Waals surface area (Å²) in [6.07, 6.45) is 25.8. The van der Waals surface area contributed by atoms with Crippen molar-refractivity contribution in [2.24, 2.45) is 71.0 Å². The van der Waals surface area contributed by atoms with Crippen LogP contribution < -0.4 is 0 Å². The summed E-state index contributed by atoms with van der Waals surface area (Å²) in [5.74, 6) is 12.8. The third kappa shape index (κ3) is 6.36. The van der Waals surface area contributed by atoms with Gasteiger partial charge in [-0.05, 0) is 116 Å². The van der Waals surface area contributed by atoms with Crippen molar-refractivity contribution in [2.45, 2.75) is 151 Å². The fraction of sp³-hybridized carbons (Fsp3) is 1.00. The van der Waals surface area contributed by atoms with Crippen LogP contribution in [0.1, 0.15) is 151 Å². The SMILES string of the molecule is CC1CC2CCCCC2C1C.CCCCC1C(C)CC2CCCC2C1C1CCC(CC)CC1CC. The molecule has 0 amide bonds. The normalized spacial score (nSPS) is 47.5. The molecule has 35 heavy (non-hydrogen) atoms. The minimum atomic E-state index is 1.00. The maximum absolute atomic E-state index is 2.63. The third-order valence-corrected chi connectivity index (χ3v) is 13.0. The van der Waals surface area contributed by atoms with Crippen molar-refractivity contribution in [3.8, 4) is 0 Å². The average molecular weight is 485 g/mol. The van der Waals surface area contributed by atoms with Crippen molar-refractivity contribution in [2.75, 3.05) is 0 Å². The molecule has 0 aromatic heterocycles. The molecule has 5 saturated carbocycles. The predicted octanol–water partition coefficient (Wildman–Crippen LogP) is 11.2. The summed E-state index contributed by atoms with van der Waals surface area (Å²) in [6.45, 7) is 14.9. The molecule has 0 aliphatic heterocycles. The van der Waals surface area contributed by atoms with Crippen LogP contribution in [-0.4, -0.2) is 0 Å². The van der Waals surface area contributed by atoms with Crippen molar-refractivity contribution in [1.29, 1.82) is 0 Å². The Morgan fingerprint density at radius 3 is 2.00 bits per heavy atom. The summed E-state index contributed by atoms with van der Waals surface area (Å²) in [7, 11) is 0. The quantitative estimate of drug-likeness (QED) is 0.351. The first-order valence-corrected chi connectivity index (χ1v) is 17.0. The van der Waals surface area contributed by atoms with Gasteiger partial charge in [-0.1, -0.05) is 106 Å². The van der Waals surface area contributed by atoms with Gasteiger partial charge in [-0.25, -0.2) is 0 Å². The van der Waals surface area contributed by atoms with E-state index in [2.05, 4.69) is 41.5 Å². The molecule has 0 aromatic rings. The maximum Gasteiger partial charge on any atom is -0.0321 e. The van der Waals surface area contributed by atoms with Gasteiger partial charge in [0.2, 0.25) is 0 Å². The zero-order chi connectivity index (χ0) is 24.9. The van der Waals surface area contributed by atoms with E-state index in [0.29, 0.717) is 0 Å². The van der Waals surface area contributed by atoms with Crippen molar-refractivity contribution < 1.29 is 0 Å². The van der Waals surface area contributed by atoms with Crippen LogP contribution in [0, 0.1) is 71.0 Å². The molecule has 5 rings (SSSR count). The molecule has 0 saturated heterocycles. The van der Waals surface area contributed by atoms with E-state index in [1.54, 1.807) is 51.4 Å². The average Bonchev–Trinajstić information content (AvgIpc) is 3.46. The molecular formula is C35H64. The van der Waals surface area contributed by atoms with Crippen LogP contribution in [0.15, 0.2) is 0 Å². The van der Waals surface area contributed by atoms with E-state index in [0.717, 1.165) is 71.0 Å². The molecule has 0 nitrogen and oxygen atoms in total. The number of fused-ring (bicyclic) bond motifs is 2. The van der Waals surface area contributed by atoms with Gasteiger partial charge in [0.05, 0.1) is 0 Å². The summed E-state index contributed by atoms with van der Waals surface area (Å²) in [5, 5.41) is 0. The monoisotopic (exact) mass is 485 g/mol. The van der Waals surface area contributed by atoms with Crippen molar-refractivity contribution in [3.63, 3.8) is 0 Å². The van der Waals surface area contributed by atoms with Gasteiger partial charge in [0.1, 0.15) is 0 Å². The molecule has 12 unspecified atom stereocenters. The minimum absolute atomic E-state index is 1.00. The number of unbranched alkanes of at least 4 members (excludes halogenated alkanes) is 1. The first-order chi connectivity index (χ1) is 17.0. The van der Waals surface area contributed by atoms with E-state index in [1.807, 2.05) is 0 Å². The van der Waals surface area contributed by atoms with Crippen molar-refractivity contribution >= 4 is 0 Å². The van der Waals surface area contributed by atoms with Crippen LogP contribution in [0.2, 0.25) is 0 Å². The topological polar surface area (TPSA) is 0 Å². The fourth-order valence-electron chi connectivity index (χ4n) is 10.8. The van der Waals surface area contributed by atoms with E-state index in [4.69, 9.17) is 0 Å². The minimum Gasteiger partial charge on any atom is -0.0654 e. The van der Waals surface area contributed by atoms with Crippen molar-refractivity contribution in [1.82, 2.24) is 0 Å². The van der Waals surface area contributed by atoms with Crippen LogP contribution in [-0.2, 0) is 0 Å². The Hall–Kier alpha value is 0. The second-order valence-electron chi connectivity index (χ2n) is 14.7. The second kappa shape index (κ2) is 13.2. The molecule has 0 bridgehead atoms. The molecule has 0 heteroatoms. The third-order valence-electron chi connectivity index (χ3n) is 13.0. The standard InChI is InChI=1S/C24H44.C11H20/c1-5-8-11-21-17(4)15-20-10-9-12-22(20)24(21)23-14-13-18(6-2)16-19(23)7-3;1-8-7-10-5-3-4-6-11(10)9(8)2/h17-24H,5-16H2,1-4H3;8-11H,3-7H2,1-2H3. The van der Waals surface area contributed by atoms with Gasteiger partial charge in [0.15, 0.2) is 0 Å². The van der Waals surface area contributed by atoms with E-state index in [1.165, 1.54) is 57.8 Å². The van der Waals surface area contributed by atoms with E-state index in [-0.39, 0.29) is 0 Å². The summed E-state index contributed by atoms with van der Waals surface area (Å²) >= 11 is 0. The lowest BCUT2D eigenvalue weighted by molar-refractivity contribution is -0.0276. The molecule has 12 atom stereocenters. The molecule has 0 N–H and O–H groups in total. The Morgan fingerprint density at radius 1 is 0.600 bits per heavy atom. The molecule has 5 fully saturated rings. The number of rotatable bonds is 6. The van der Waals surface area contributed by atoms with E-state index in [9.17, 15) is 0 Å². The van der Waals surface area contributed by atoms with Gasteiger partial charge < -0.3 is 0 Å². The van der Waals surface area contributed by atoms with E-state index >= 15 is 0 Å². The Labute approximate surface area is 221 Å². The van der Waals surface area contributed by atoms with Crippen molar-refractivity contribution in [3.05, 3.63) is 0 Å².